The molecule has 2 aliphatic heterocycles. The third kappa shape index (κ3) is 5.19. The molecule has 138 valence electrons. The first-order valence-corrected chi connectivity index (χ1v) is 8.97. The summed E-state index contributed by atoms with van der Waals surface area (Å²) < 4.78 is 0. The van der Waals surface area contributed by atoms with Gasteiger partial charge in [-0.1, -0.05) is 12.1 Å². The van der Waals surface area contributed by atoms with Gasteiger partial charge in [0.2, 0.25) is 0 Å². The van der Waals surface area contributed by atoms with Crippen LogP contribution in [0.5, 0.6) is 0 Å². The number of hydrogen-bond donors (Lipinski definition) is 1. The largest absolute Gasteiger partial charge is 0.481 e. The van der Waals surface area contributed by atoms with Gasteiger partial charge in [0.25, 0.3) is 5.91 Å². The summed E-state index contributed by atoms with van der Waals surface area (Å²) in [6.07, 6.45) is 5.08. The normalized spacial score (nSPS) is 21.4. The van der Waals surface area contributed by atoms with Crippen molar-refractivity contribution in [1.82, 2.24) is 9.80 Å². The number of carboxylic acid groups (broad SMARTS) is 1. The first-order valence-electron chi connectivity index (χ1n) is 8.97. The van der Waals surface area contributed by atoms with E-state index in [0.717, 1.165) is 56.4 Å². The quantitative estimate of drug-likeness (QED) is 0.889. The third-order valence-electron chi connectivity index (χ3n) is 5.08. The van der Waals surface area contributed by atoms with Crippen LogP contribution in [-0.2, 0) is 11.3 Å². The molecule has 0 aliphatic carbocycles. The molecule has 0 radical (unpaired) electrons. The maximum Gasteiger partial charge on any atom is 0.307 e. The zero-order valence-electron chi connectivity index (χ0n) is 14.5. The minimum Gasteiger partial charge on any atom is -0.481 e. The number of halogens is 1. The summed E-state index contributed by atoms with van der Waals surface area (Å²) >= 11 is 0. The number of carbonyl (C=O) groups excluding carboxylic acids is 1. The predicted molar refractivity (Wildman–Crippen MR) is 99.1 cm³/mol. The Kier molecular flexibility index (Phi) is 7.26. The maximum absolute atomic E-state index is 12.6. The van der Waals surface area contributed by atoms with Crippen LogP contribution in [0.25, 0.3) is 0 Å². The van der Waals surface area contributed by atoms with Crippen LogP contribution in [0.2, 0.25) is 0 Å². The standard InChI is InChI=1S/C19H26N2O3.ClH/c22-18(21-10-2-1-3-11-21)16-7-4-6-15(12-16)13-20-9-5-8-17(14-20)19(23)24;/h4,6-7,12,17H,1-3,5,8-11,13-14H2,(H,23,24);1H. The SMILES string of the molecule is Cl.O=C(O)C1CCCN(Cc2cccc(C(=O)N3CCCCC3)c2)C1. The van der Waals surface area contributed by atoms with Gasteiger partial charge in [-0.05, 0) is 56.3 Å². The highest BCUT2D eigenvalue weighted by atomic mass is 35.5. The van der Waals surface area contributed by atoms with E-state index in [2.05, 4.69) is 4.90 Å². The van der Waals surface area contributed by atoms with Crippen molar-refractivity contribution in [1.29, 1.82) is 0 Å². The number of nitrogens with zero attached hydrogens (tertiary/aromatic N) is 2. The molecule has 0 bridgehead atoms. The highest BCUT2D eigenvalue weighted by molar-refractivity contribution is 5.94. The van der Waals surface area contributed by atoms with E-state index in [0.29, 0.717) is 13.1 Å². The molecule has 2 heterocycles. The van der Waals surface area contributed by atoms with Crippen molar-refractivity contribution in [3.8, 4) is 0 Å². The Bertz CT molecular complexity index is 602. The Morgan fingerprint density at radius 1 is 1.08 bits per heavy atom. The second-order valence-electron chi connectivity index (χ2n) is 6.97. The van der Waals surface area contributed by atoms with Crippen molar-refractivity contribution in [2.75, 3.05) is 26.2 Å². The second kappa shape index (κ2) is 9.20. The average Bonchev–Trinajstić information content (AvgIpc) is 2.62. The lowest BCUT2D eigenvalue weighted by Crippen LogP contribution is -2.38. The lowest BCUT2D eigenvalue weighted by atomic mass is 9.97. The van der Waals surface area contributed by atoms with Gasteiger partial charge in [0.1, 0.15) is 0 Å². The molecule has 2 saturated heterocycles. The summed E-state index contributed by atoms with van der Waals surface area (Å²) in [5.41, 5.74) is 1.84. The molecule has 0 aromatic heterocycles. The van der Waals surface area contributed by atoms with E-state index in [-0.39, 0.29) is 24.2 Å². The van der Waals surface area contributed by atoms with Crippen molar-refractivity contribution in [3.05, 3.63) is 35.4 Å². The summed E-state index contributed by atoms with van der Waals surface area (Å²) in [5.74, 6) is -0.843. The Hall–Kier alpha value is -1.59. The van der Waals surface area contributed by atoms with Gasteiger partial charge < -0.3 is 10.0 Å². The Balaban J connectivity index is 0.00000225. The third-order valence-corrected chi connectivity index (χ3v) is 5.08. The molecule has 2 aliphatic rings. The highest BCUT2D eigenvalue weighted by Crippen LogP contribution is 2.20. The smallest absolute Gasteiger partial charge is 0.307 e. The molecule has 1 atom stereocenters. The van der Waals surface area contributed by atoms with E-state index in [1.807, 2.05) is 29.2 Å². The highest BCUT2D eigenvalue weighted by Gasteiger charge is 2.25. The van der Waals surface area contributed by atoms with Crippen LogP contribution in [-0.4, -0.2) is 53.0 Å². The topological polar surface area (TPSA) is 60.9 Å². The van der Waals surface area contributed by atoms with Gasteiger partial charge >= 0.3 is 5.97 Å². The molecule has 5 nitrogen and oxygen atoms in total. The van der Waals surface area contributed by atoms with Crippen molar-refractivity contribution < 1.29 is 14.7 Å². The van der Waals surface area contributed by atoms with Gasteiger partial charge in [-0.25, -0.2) is 0 Å². The Morgan fingerprint density at radius 3 is 2.56 bits per heavy atom. The number of hydrogen-bond acceptors (Lipinski definition) is 3. The average molecular weight is 367 g/mol. The van der Waals surface area contributed by atoms with E-state index in [4.69, 9.17) is 0 Å². The van der Waals surface area contributed by atoms with E-state index >= 15 is 0 Å². The van der Waals surface area contributed by atoms with Crippen LogP contribution in [0, 0.1) is 5.92 Å². The second-order valence-corrected chi connectivity index (χ2v) is 6.97. The minimum atomic E-state index is -0.700. The number of likely N-dealkylation sites (tertiary alicyclic amines) is 2. The Labute approximate surface area is 155 Å². The molecule has 25 heavy (non-hydrogen) atoms. The van der Waals surface area contributed by atoms with Crippen LogP contribution in [0.3, 0.4) is 0 Å². The molecule has 1 amide bonds. The number of amides is 1. The maximum atomic E-state index is 12.6. The van der Waals surface area contributed by atoms with Crippen molar-refractivity contribution in [2.24, 2.45) is 5.92 Å². The van der Waals surface area contributed by atoms with E-state index < -0.39 is 5.97 Å². The van der Waals surface area contributed by atoms with Crippen LogP contribution in [0.15, 0.2) is 24.3 Å². The number of aliphatic carboxylic acids is 1. The van der Waals surface area contributed by atoms with Gasteiger partial charge in [0, 0.05) is 31.7 Å². The number of rotatable bonds is 4. The summed E-state index contributed by atoms with van der Waals surface area (Å²) in [6, 6.07) is 7.82. The molecular formula is C19H27ClN2O3. The molecule has 1 aromatic carbocycles. The number of carboxylic acids is 1. The minimum absolute atomic E-state index is 0. The molecule has 1 unspecified atom stereocenters. The first kappa shape index (κ1) is 19.7. The van der Waals surface area contributed by atoms with Crippen LogP contribution in [0.4, 0.5) is 0 Å². The first-order chi connectivity index (χ1) is 11.6. The molecule has 1 aromatic rings. The lowest BCUT2D eigenvalue weighted by Gasteiger charge is -2.31. The lowest BCUT2D eigenvalue weighted by molar-refractivity contribution is -0.143. The fraction of sp³-hybridized carbons (Fsp3) is 0.579. The molecule has 0 saturated carbocycles. The van der Waals surface area contributed by atoms with Crippen molar-refractivity contribution in [3.63, 3.8) is 0 Å². The zero-order valence-corrected chi connectivity index (χ0v) is 15.3. The van der Waals surface area contributed by atoms with Gasteiger partial charge in [-0.2, -0.15) is 0 Å². The number of carbonyl (C=O) groups is 2. The monoisotopic (exact) mass is 366 g/mol. The predicted octanol–water partition coefficient (Wildman–Crippen LogP) is 3.03. The van der Waals surface area contributed by atoms with Crippen molar-refractivity contribution in [2.45, 2.75) is 38.6 Å². The van der Waals surface area contributed by atoms with E-state index in [1.54, 1.807) is 0 Å². The summed E-state index contributed by atoms with van der Waals surface area (Å²) in [7, 11) is 0. The summed E-state index contributed by atoms with van der Waals surface area (Å²) in [4.78, 5) is 27.9. The molecular weight excluding hydrogens is 340 g/mol. The fourth-order valence-electron chi connectivity index (χ4n) is 3.74. The summed E-state index contributed by atoms with van der Waals surface area (Å²) in [5, 5.41) is 9.21. The number of piperidine rings is 2. The molecule has 3 rings (SSSR count). The van der Waals surface area contributed by atoms with Crippen LogP contribution >= 0.6 is 12.4 Å². The molecule has 2 fully saturated rings. The number of benzene rings is 1. The fourth-order valence-corrected chi connectivity index (χ4v) is 3.74. The van der Waals surface area contributed by atoms with E-state index in [1.165, 1.54) is 6.42 Å². The van der Waals surface area contributed by atoms with Gasteiger partial charge in [-0.15, -0.1) is 12.4 Å². The van der Waals surface area contributed by atoms with Gasteiger partial charge in [0.15, 0.2) is 0 Å². The van der Waals surface area contributed by atoms with Gasteiger partial charge in [0.05, 0.1) is 5.92 Å². The van der Waals surface area contributed by atoms with Crippen LogP contribution < -0.4 is 0 Å². The Morgan fingerprint density at radius 2 is 1.84 bits per heavy atom. The molecule has 6 heteroatoms. The molecule has 1 N–H and O–H groups in total. The van der Waals surface area contributed by atoms with E-state index in [9.17, 15) is 14.7 Å². The van der Waals surface area contributed by atoms with Crippen molar-refractivity contribution >= 4 is 24.3 Å². The molecule has 0 spiro atoms. The van der Waals surface area contributed by atoms with Gasteiger partial charge in [-0.3, -0.25) is 14.5 Å². The summed E-state index contributed by atoms with van der Waals surface area (Å²) in [6.45, 7) is 3.95. The van der Waals surface area contributed by atoms with Crippen LogP contribution in [0.1, 0.15) is 48.0 Å². The zero-order chi connectivity index (χ0) is 16.9.